The van der Waals surface area contributed by atoms with Crippen molar-refractivity contribution >= 4 is 30.1 Å². The number of benzene rings is 1. The second-order valence-electron chi connectivity index (χ2n) is 4.94. The lowest BCUT2D eigenvalue weighted by Gasteiger charge is -2.35. The molecular weight excluding hydrogens is 288 g/mol. The summed E-state index contributed by atoms with van der Waals surface area (Å²) in [6, 6.07) is 9.00. The number of carbonyl (C=O) groups is 2. The fourth-order valence-electron chi connectivity index (χ4n) is 2.75. The van der Waals surface area contributed by atoms with E-state index in [0.717, 1.165) is 5.56 Å². The lowest BCUT2D eigenvalue weighted by Crippen LogP contribution is -2.43. The minimum absolute atomic E-state index is 0.156. The molecule has 4 nitrogen and oxygen atoms in total. The average molecular weight is 304 g/mol. The molecule has 1 aromatic rings. The monoisotopic (exact) mass is 304 g/mol. The lowest BCUT2D eigenvalue weighted by atomic mass is 9.66. The zero-order valence-corrected chi connectivity index (χ0v) is 12.2. The Hall–Kier alpha value is -2.01. The van der Waals surface area contributed by atoms with E-state index in [2.05, 4.69) is 12.6 Å². The number of rotatable bonds is 5. The Morgan fingerprint density at radius 1 is 1.19 bits per heavy atom. The van der Waals surface area contributed by atoms with Crippen LogP contribution in [0.25, 0.3) is 5.57 Å². The largest absolute Gasteiger partial charge is 0.481 e. The molecule has 1 aliphatic carbocycles. The van der Waals surface area contributed by atoms with Crippen LogP contribution in [0.4, 0.5) is 0 Å². The quantitative estimate of drug-likeness (QED) is 0.731. The number of hydrogen-bond acceptors (Lipinski definition) is 3. The fraction of sp³-hybridized carbons (Fsp3) is 0.250. The van der Waals surface area contributed by atoms with E-state index in [0.29, 0.717) is 11.3 Å². The number of allylic oxidation sites excluding steroid dienone is 2. The van der Waals surface area contributed by atoms with Crippen molar-refractivity contribution < 1.29 is 19.8 Å². The molecule has 2 unspecified atom stereocenters. The first-order valence-corrected chi connectivity index (χ1v) is 7.18. The van der Waals surface area contributed by atoms with Gasteiger partial charge in [0.05, 0.1) is 0 Å². The van der Waals surface area contributed by atoms with E-state index in [4.69, 9.17) is 0 Å². The molecule has 0 radical (unpaired) electrons. The molecule has 0 heterocycles. The zero-order valence-electron chi connectivity index (χ0n) is 11.3. The van der Waals surface area contributed by atoms with E-state index in [1.165, 1.54) is 6.08 Å². The minimum Gasteiger partial charge on any atom is -0.481 e. The van der Waals surface area contributed by atoms with Gasteiger partial charge >= 0.3 is 11.9 Å². The molecule has 1 aliphatic rings. The van der Waals surface area contributed by atoms with E-state index < -0.39 is 23.3 Å². The van der Waals surface area contributed by atoms with E-state index in [9.17, 15) is 19.8 Å². The topological polar surface area (TPSA) is 74.6 Å². The maximum Gasteiger partial charge on any atom is 0.314 e. The van der Waals surface area contributed by atoms with Gasteiger partial charge in [-0.1, -0.05) is 48.6 Å². The highest BCUT2D eigenvalue weighted by Gasteiger charge is 2.50. The van der Waals surface area contributed by atoms with Crippen LogP contribution in [-0.4, -0.2) is 27.9 Å². The number of thiol groups is 1. The Bertz CT molecular complexity index is 606. The highest BCUT2D eigenvalue weighted by atomic mass is 32.1. The van der Waals surface area contributed by atoms with Gasteiger partial charge in [0.15, 0.2) is 0 Å². The van der Waals surface area contributed by atoms with Gasteiger partial charge in [-0.2, -0.15) is 12.6 Å². The molecule has 2 atom stereocenters. The van der Waals surface area contributed by atoms with E-state index in [-0.39, 0.29) is 6.42 Å². The summed E-state index contributed by atoms with van der Waals surface area (Å²) in [7, 11) is 0. The van der Waals surface area contributed by atoms with Crippen molar-refractivity contribution in [3.63, 3.8) is 0 Å². The van der Waals surface area contributed by atoms with E-state index in [1.54, 1.807) is 36.4 Å². The first-order chi connectivity index (χ1) is 10.0. The predicted molar refractivity (Wildman–Crippen MR) is 83.2 cm³/mol. The number of hydrogen-bond donors (Lipinski definition) is 3. The Morgan fingerprint density at radius 3 is 2.38 bits per heavy atom. The third kappa shape index (κ3) is 2.74. The summed E-state index contributed by atoms with van der Waals surface area (Å²) in [6.07, 6.45) is 4.92. The van der Waals surface area contributed by atoms with Crippen LogP contribution in [0, 0.1) is 11.3 Å². The second kappa shape index (κ2) is 6.18. The van der Waals surface area contributed by atoms with Crippen LogP contribution >= 0.6 is 12.6 Å². The van der Waals surface area contributed by atoms with Crippen LogP contribution in [0.5, 0.6) is 0 Å². The van der Waals surface area contributed by atoms with Crippen LogP contribution in [-0.2, 0) is 9.59 Å². The number of aliphatic carboxylic acids is 2. The summed E-state index contributed by atoms with van der Waals surface area (Å²) in [4.78, 5) is 23.6. The Labute approximate surface area is 128 Å². The van der Waals surface area contributed by atoms with Crippen LogP contribution in [0.2, 0.25) is 0 Å². The summed E-state index contributed by atoms with van der Waals surface area (Å²) in [5.41, 5.74) is -0.234. The van der Waals surface area contributed by atoms with Gasteiger partial charge in [-0.15, -0.1) is 0 Å². The van der Waals surface area contributed by atoms with Crippen LogP contribution < -0.4 is 0 Å². The minimum atomic E-state index is -1.46. The molecule has 0 saturated carbocycles. The van der Waals surface area contributed by atoms with Crippen molar-refractivity contribution in [1.82, 2.24) is 0 Å². The van der Waals surface area contributed by atoms with Crippen molar-refractivity contribution in [2.24, 2.45) is 11.3 Å². The number of carboxylic acids is 2. The van der Waals surface area contributed by atoms with Gasteiger partial charge < -0.3 is 10.2 Å². The highest BCUT2D eigenvalue weighted by Crippen LogP contribution is 2.45. The molecule has 0 amide bonds. The molecule has 0 fully saturated rings. The van der Waals surface area contributed by atoms with Gasteiger partial charge in [-0.3, -0.25) is 9.59 Å². The molecule has 0 saturated heterocycles. The summed E-state index contributed by atoms with van der Waals surface area (Å²) < 4.78 is 0. The van der Waals surface area contributed by atoms with Gasteiger partial charge in [0.25, 0.3) is 0 Å². The zero-order chi connectivity index (χ0) is 15.5. The van der Waals surface area contributed by atoms with E-state index in [1.807, 2.05) is 6.07 Å². The van der Waals surface area contributed by atoms with E-state index >= 15 is 0 Å². The molecule has 2 N–H and O–H groups in total. The fourth-order valence-corrected chi connectivity index (χ4v) is 3.12. The van der Waals surface area contributed by atoms with Gasteiger partial charge in [-0.25, -0.2) is 0 Å². The summed E-state index contributed by atoms with van der Waals surface area (Å²) in [6.45, 7) is 0. The molecule has 21 heavy (non-hydrogen) atoms. The smallest absolute Gasteiger partial charge is 0.314 e. The second-order valence-corrected chi connectivity index (χ2v) is 5.38. The van der Waals surface area contributed by atoms with Crippen LogP contribution in [0.15, 0.2) is 48.6 Å². The number of carboxylic acid groups (broad SMARTS) is 2. The van der Waals surface area contributed by atoms with Gasteiger partial charge in [0.1, 0.15) is 11.3 Å². The van der Waals surface area contributed by atoms with Crippen molar-refractivity contribution in [1.29, 1.82) is 0 Å². The van der Waals surface area contributed by atoms with Gasteiger partial charge in [-0.05, 0) is 23.3 Å². The van der Waals surface area contributed by atoms with Crippen LogP contribution in [0.3, 0.4) is 0 Å². The molecule has 5 heteroatoms. The molecule has 0 aliphatic heterocycles. The summed E-state index contributed by atoms with van der Waals surface area (Å²) in [5, 5.41) is 19.2. The molecule has 0 spiro atoms. The Kier molecular flexibility index (Phi) is 4.53. The van der Waals surface area contributed by atoms with Crippen molar-refractivity contribution in [3.05, 3.63) is 54.1 Å². The molecule has 0 aromatic heterocycles. The SMILES string of the molecule is O=C(O)C1C(c2ccccc2)=CC=CC1(CCS)C(=O)O. The predicted octanol–water partition coefficient (Wildman–Crippen LogP) is 2.73. The normalized spacial score (nSPS) is 24.4. The third-order valence-corrected chi connectivity index (χ3v) is 4.00. The van der Waals surface area contributed by atoms with Crippen molar-refractivity contribution in [2.75, 3.05) is 5.75 Å². The first kappa shape index (κ1) is 15.4. The van der Waals surface area contributed by atoms with Gasteiger partial charge in [0.2, 0.25) is 0 Å². The van der Waals surface area contributed by atoms with Crippen LogP contribution in [0.1, 0.15) is 12.0 Å². The van der Waals surface area contributed by atoms with Crippen molar-refractivity contribution in [3.8, 4) is 0 Å². The third-order valence-electron chi connectivity index (χ3n) is 3.77. The Balaban J connectivity index is 2.57. The highest BCUT2D eigenvalue weighted by molar-refractivity contribution is 7.80. The van der Waals surface area contributed by atoms with Gasteiger partial charge in [0, 0.05) is 0 Å². The molecular formula is C16H16O4S. The summed E-state index contributed by atoms with van der Waals surface area (Å²) in [5.74, 6) is -3.11. The lowest BCUT2D eigenvalue weighted by molar-refractivity contribution is -0.156. The standard InChI is InChI=1S/C16H16O4S/c17-14(18)13-12(11-5-2-1-3-6-11)7-4-8-16(13,9-10-21)15(19)20/h1-8,13,21H,9-10H2,(H,17,18)(H,19,20). The first-order valence-electron chi connectivity index (χ1n) is 6.55. The molecule has 110 valence electrons. The maximum atomic E-state index is 11.8. The average Bonchev–Trinajstić information content (AvgIpc) is 2.47. The molecule has 0 bridgehead atoms. The molecule has 2 rings (SSSR count). The Morgan fingerprint density at radius 2 is 1.86 bits per heavy atom. The summed E-state index contributed by atoms with van der Waals surface area (Å²) >= 11 is 4.10. The maximum absolute atomic E-state index is 11.8. The molecule has 1 aromatic carbocycles. The van der Waals surface area contributed by atoms with Crippen molar-refractivity contribution in [2.45, 2.75) is 6.42 Å².